The van der Waals surface area contributed by atoms with E-state index in [0.29, 0.717) is 0 Å². The van der Waals surface area contributed by atoms with Gasteiger partial charge in [-0.15, -0.1) is 0 Å². The Balaban J connectivity index is 2.90. The van der Waals surface area contributed by atoms with Gasteiger partial charge in [-0.3, -0.25) is 0 Å². The molecule has 0 unspecified atom stereocenters. The highest BCUT2D eigenvalue weighted by molar-refractivity contribution is 7.99. The first-order valence-electron chi connectivity index (χ1n) is 5.03. The van der Waals surface area contributed by atoms with Gasteiger partial charge in [0.15, 0.2) is 0 Å². The molecule has 2 heteroatoms. The molecule has 0 aliphatic heterocycles. The summed E-state index contributed by atoms with van der Waals surface area (Å²) in [5.74, 6) is 3.58. The first-order valence-corrected chi connectivity index (χ1v) is 6.19. The van der Waals surface area contributed by atoms with E-state index in [0.717, 1.165) is 12.5 Å². The Morgan fingerprint density at radius 2 is 2.08 bits per heavy atom. The van der Waals surface area contributed by atoms with Crippen LogP contribution in [0.2, 0.25) is 0 Å². The van der Waals surface area contributed by atoms with Crippen molar-refractivity contribution in [1.29, 1.82) is 0 Å². The molecule has 0 saturated carbocycles. The highest BCUT2D eigenvalue weighted by Crippen LogP contribution is 2.12. The predicted molar refractivity (Wildman–Crippen MR) is 59.9 cm³/mol. The van der Waals surface area contributed by atoms with Gasteiger partial charge in [-0.05, 0) is 43.9 Å². The number of hydrogen-bond donors (Lipinski definition) is 1. The van der Waals surface area contributed by atoms with Gasteiger partial charge >= 0.3 is 0 Å². The van der Waals surface area contributed by atoms with Crippen LogP contribution in [0, 0.1) is 5.92 Å². The quantitative estimate of drug-likeness (QED) is 0.589. The Labute approximate surface area is 81.7 Å². The Morgan fingerprint density at radius 3 is 2.67 bits per heavy atom. The second-order valence-corrected chi connectivity index (χ2v) is 4.60. The molecule has 0 aliphatic carbocycles. The maximum absolute atomic E-state index is 3.17. The summed E-state index contributed by atoms with van der Waals surface area (Å²) in [6, 6.07) is 0. The molecule has 0 heterocycles. The van der Waals surface area contributed by atoms with Crippen LogP contribution < -0.4 is 5.32 Å². The van der Waals surface area contributed by atoms with Gasteiger partial charge < -0.3 is 5.32 Å². The summed E-state index contributed by atoms with van der Waals surface area (Å²) in [4.78, 5) is 0. The normalized spacial score (nSPS) is 13.2. The van der Waals surface area contributed by atoms with Crippen LogP contribution >= 0.6 is 11.8 Å². The van der Waals surface area contributed by atoms with Crippen LogP contribution in [-0.2, 0) is 0 Å². The molecule has 12 heavy (non-hydrogen) atoms. The maximum Gasteiger partial charge on any atom is -0.00441 e. The summed E-state index contributed by atoms with van der Waals surface area (Å²) >= 11 is 2.10. The molecule has 1 nitrogen and oxygen atoms in total. The van der Waals surface area contributed by atoms with Crippen molar-refractivity contribution in [2.75, 3.05) is 25.1 Å². The lowest BCUT2D eigenvalue weighted by Crippen LogP contribution is -2.08. The number of nitrogens with one attached hydrogen (secondary N) is 1. The standard InChI is InChI=1S/C10H23NS/c1-4-10(2)6-9-12-8-5-7-11-3/h10-11H,4-9H2,1-3H3/t10-/m1/s1. The fourth-order valence-corrected chi connectivity index (χ4v) is 2.06. The minimum atomic E-state index is 0.918. The van der Waals surface area contributed by atoms with Crippen LogP contribution in [0.4, 0.5) is 0 Å². The lowest BCUT2D eigenvalue weighted by Gasteiger charge is -2.06. The van der Waals surface area contributed by atoms with E-state index in [-0.39, 0.29) is 0 Å². The zero-order valence-corrected chi connectivity index (χ0v) is 9.54. The van der Waals surface area contributed by atoms with Crippen molar-refractivity contribution in [1.82, 2.24) is 5.32 Å². The molecule has 1 atom stereocenters. The molecule has 0 aromatic heterocycles. The lowest BCUT2D eigenvalue weighted by atomic mass is 10.1. The molecule has 1 N–H and O–H groups in total. The molecule has 0 spiro atoms. The van der Waals surface area contributed by atoms with Crippen LogP contribution in [0.5, 0.6) is 0 Å². The van der Waals surface area contributed by atoms with E-state index in [1.165, 1.54) is 30.8 Å². The largest absolute Gasteiger partial charge is 0.320 e. The highest BCUT2D eigenvalue weighted by atomic mass is 32.2. The van der Waals surface area contributed by atoms with Crippen molar-refractivity contribution in [3.05, 3.63) is 0 Å². The van der Waals surface area contributed by atoms with Crippen LogP contribution in [0.3, 0.4) is 0 Å². The second-order valence-electron chi connectivity index (χ2n) is 3.37. The van der Waals surface area contributed by atoms with Gasteiger partial charge in [0, 0.05) is 0 Å². The third-order valence-electron chi connectivity index (χ3n) is 2.17. The van der Waals surface area contributed by atoms with Crippen LogP contribution in [0.15, 0.2) is 0 Å². The van der Waals surface area contributed by atoms with E-state index in [1.54, 1.807) is 0 Å². The summed E-state index contributed by atoms with van der Waals surface area (Å²) in [5, 5.41) is 3.17. The SMILES string of the molecule is CC[C@@H](C)CCSCCCNC. The molecule has 74 valence electrons. The average Bonchev–Trinajstić information content (AvgIpc) is 2.10. The van der Waals surface area contributed by atoms with E-state index in [1.807, 2.05) is 7.05 Å². The lowest BCUT2D eigenvalue weighted by molar-refractivity contribution is 0.548. The first kappa shape index (κ1) is 12.3. The molecule has 0 bridgehead atoms. The van der Waals surface area contributed by atoms with Gasteiger partial charge in [0.1, 0.15) is 0 Å². The van der Waals surface area contributed by atoms with E-state index < -0.39 is 0 Å². The molecule has 0 amide bonds. The minimum Gasteiger partial charge on any atom is -0.320 e. The monoisotopic (exact) mass is 189 g/mol. The summed E-state index contributed by atoms with van der Waals surface area (Å²) in [6.07, 6.45) is 4.03. The van der Waals surface area contributed by atoms with Crippen molar-refractivity contribution >= 4 is 11.8 Å². The predicted octanol–water partition coefficient (Wildman–Crippen LogP) is 2.77. The first-order chi connectivity index (χ1) is 5.81. The van der Waals surface area contributed by atoms with Gasteiger partial charge in [-0.2, -0.15) is 11.8 Å². The maximum atomic E-state index is 3.17. The van der Waals surface area contributed by atoms with Crippen molar-refractivity contribution in [2.24, 2.45) is 5.92 Å². The molecule has 0 aliphatic rings. The third kappa shape index (κ3) is 8.41. The fourth-order valence-electron chi connectivity index (χ4n) is 0.942. The van der Waals surface area contributed by atoms with Crippen LogP contribution in [-0.4, -0.2) is 25.1 Å². The summed E-state index contributed by atoms with van der Waals surface area (Å²) in [7, 11) is 2.02. The van der Waals surface area contributed by atoms with Gasteiger partial charge in [0.2, 0.25) is 0 Å². The summed E-state index contributed by atoms with van der Waals surface area (Å²) in [5.41, 5.74) is 0. The zero-order chi connectivity index (χ0) is 9.23. The molecular weight excluding hydrogens is 166 g/mol. The molecule has 0 rings (SSSR count). The number of thioether (sulfide) groups is 1. The van der Waals surface area contributed by atoms with Gasteiger partial charge in [-0.1, -0.05) is 20.3 Å². The zero-order valence-electron chi connectivity index (χ0n) is 8.73. The fraction of sp³-hybridized carbons (Fsp3) is 1.00. The molecule has 0 radical (unpaired) electrons. The Bertz CT molecular complexity index is 85.9. The van der Waals surface area contributed by atoms with Gasteiger partial charge in [0.05, 0.1) is 0 Å². The third-order valence-corrected chi connectivity index (χ3v) is 3.27. The smallest absolute Gasteiger partial charge is 0.00441 e. The topological polar surface area (TPSA) is 12.0 Å². The Kier molecular flexibility index (Phi) is 9.64. The summed E-state index contributed by atoms with van der Waals surface area (Å²) < 4.78 is 0. The van der Waals surface area contributed by atoms with Crippen molar-refractivity contribution in [3.8, 4) is 0 Å². The molecule has 0 fully saturated rings. The minimum absolute atomic E-state index is 0.918. The van der Waals surface area contributed by atoms with Crippen molar-refractivity contribution in [2.45, 2.75) is 33.1 Å². The molecule has 0 aromatic carbocycles. The van der Waals surface area contributed by atoms with E-state index >= 15 is 0 Å². The molecular formula is C10H23NS. The molecule has 0 aromatic rings. The Hall–Kier alpha value is 0.310. The number of hydrogen-bond acceptors (Lipinski definition) is 2. The highest BCUT2D eigenvalue weighted by Gasteiger charge is 1.97. The average molecular weight is 189 g/mol. The van der Waals surface area contributed by atoms with E-state index in [9.17, 15) is 0 Å². The van der Waals surface area contributed by atoms with Crippen molar-refractivity contribution in [3.63, 3.8) is 0 Å². The van der Waals surface area contributed by atoms with Gasteiger partial charge in [-0.25, -0.2) is 0 Å². The summed E-state index contributed by atoms with van der Waals surface area (Å²) in [6.45, 7) is 5.78. The Morgan fingerprint density at radius 1 is 1.33 bits per heavy atom. The van der Waals surface area contributed by atoms with Crippen LogP contribution in [0.1, 0.15) is 33.1 Å². The van der Waals surface area contributed by atoms with Gasteiger partial charge in [0.25, 0.3) is 0 Å². The van der Waals surface area contributed by atoms with Crippen LogP contribution in [0.25, 0.3) is 0 Å². The van der Waals surface area contributed by atoms with E-state index in [2.05, 4.69) is 30.9 Å². The van der Waals surface area contributed by atoms with Crippen molar-refractivity contribution < 1.29 is 0 Å². The second kappa shape index (κ2) is 9.40. The molecule has 0 saturated heterocycles. The van der Waals surface area contributed by atoms with E-state index in [4.69, 9.17) is 0 Å². The number of rotatable bonds is 8.